The number of aryl methyl sites for hydroxylation is 1. The number of carbonyl (C=O) groups excluding carboxylic acids is 2. The first kappa shape index (κ1) is 19.8. The van der Waals surface area contributed by atoms with Crippen molar-refractivity contribution in [3.05, 3.63) is 75.3 Å². The monoisotopic (exact) mass is 368 g/mol. The normalized spacial score (nSPS) is 11.8. The number of anilines is 1. The van der Waals surface area contributed by atoms with E-state index in [2.05, 4.69) is 5.32 Å². The van der Waals surface area contributed by atoms with Gasteiger partial charge in [0.25, 0.3) is 11.6 Å². The molecule has 0 saturated carbocycles. The van der Waals surface area contributed by atoms with Crippen LogP contribution in [0.3, 0.4) is 0 Å². The molecule has 1 atom stereocenters. The Labute approximate surface area is 156 Å². The summed E-state index contributed by atoms with van der Waals surface area (Å²) >= 11 is 0. The number of hydrogen-bond donors (Lipinski definition) is 1. The number of ether oxygens (including phenoxy) is 1. The number of rotatable bonds is 6. The maximum atomic E-state index is 12.2. The van der Waals surface area contributed by atoms with E-state index in [0.29, 0.717) is 11.3 Å². The minimum Gasteiger partial charge on any atom is -0.449 e. The predicted molar refractivity (Wildman–Crippen MR) is 102 cm³/mol. The van der Waals surface area contributed by atoms with Crippen LogP contribution in [0.5, 0.6) is 0 Å². The summed E-state index contributed by atoms with van der Waals surface area (Å²) in [6.07, 6.45) is 1.53. The fourth-order valence-corrected chi connectivity index (χ4v) is 2.29. The van der Waals surface area contributed by atoms with Gasteiger partial charge in [0.15, 0.2) is 6.10 Å². The van der Waals surface area contributed by atoms with Crippen molar-refractivity contribution in [1.29, 1.82) is 0 Å². The van der Waals surface area contributed by atoms with Crippen LogP contribution in [-0.4, -0.2) is 22.9 Å². The molecule has 0 saturated heterocycles. The van der Waals surface area contributed by atoms with Crippen LogP contribution < -0.4 is 5.32 Å². The predicted octanol–water partition coefficient (Wildman–Crippen LogP) is 3.80. The van der Waals surface area contributed by atoms with E-state index in [9.17, 15) is 19.7 Å². The van der Waals surface area contributed by atoms with Gasteiger partial charge in [-0.3, -0.25) is 14.9 Å². The summed E-state index contributed by atoms with van der Waals surface area (Å²) in [4.78, 5) is 34.4. The minimum absolute atomic E-state index is 0.0770. The number of nitrogens with zero attached hydrogens (tertiary/aromatic N) is 1. The molecule has 0 unspecified atom stereocenters. The van der Waals surface area contributed by atoms with Crippen molar-refractivity contribution in [3.63, 3.8) is 0 Å². The highest BCUT2D eigenvalue weighted by atomic mass is 16.6. The third-order valence-corrected chi connectivity index (χ3v) is 4.02. The summed E-state index contributed by atoms with van der Waals surface area (Å²) in [6.45, 7) is 5.30. The Bertz CT molecular complexity index is 905. The van der Waals surface area contributed by atoms with Gasteiger partial charge in [0.2, 0.25) is 0 Å². The van der Waals surface area contributed by atoms with Gasteiger partial charge in [-0.05, 0) is 49.6 Å². The molecule has 0 aliphatic rings. The Morgan fingerprint density at radius 3 is 2.59 bits per heavy atom. The molecule has 1 N–H and O–H groups in total. The molecule has 2 rings (SSSR count). The average Bonchev–Trinajstić information content (AvgIpc) is 2.64. The topological polar surface area (TPSA) is 98.5 Å². The van der Waals surface area contributed by atoms with E-state index in [4.69, 9.17) is 4.74 Å². The molecule has 0 fully saturated rings. The average molecular weight is 368 g/mol. The van der Waals surface area contributed by atoms with Crippen molar-refractivity contribution >= 4 is 29.3 Å². The van der Waals surface area contributed by atoms with Crippen LogP contribution in [-0.2, 0) is 14.3 Å². The molecule has 0 aliphatic carbocycles. The third kappa shape index (κ3) is 5.50. The Morgan fingerprint density at radius 2 is 1.89 bits per heavy atom. The van der Waals surface area contributed by atoms with Crippen LogP contribution in [0.4, 0.5) is 11.4 Å². The lowest BCUT2D eigenvalue weighted by atomic mass is 10.1. The molecule has 0 aliphatic heterocycles. The second-order valence-electron chi connectivity index (χ2n) is 6.00. The van der Waals surface area contributed by atoms with Gasteiger partial charge in [0.05, 0.1) is 4.92 Å². The van der Waals surface area contributed by atoms with Crippen molar-refractivity contribution in [2.45, 2.75) is 26.9 Å². The zero-order valence-electron chi connectivity index (χ0n) is 15.3. The standard InChI is InChI=1S/C20H20N2O5/c1-13-6-4-9-18(14(13)2)21-20(24)15(3)27-19(23)11-10-16-7-5-8-17(12-16)22(25)26/h4-12,15H,1-3H3,(H,21,24)/b11-10+/t15-/m1/s1. The van der Waals surface area contributed by atoms with Crippen LogP contribution in [0.25, 0.3) is 6.08 Å². The Morgan fingerprint density at radius 1 is 1.19 bits per heavy atom. The number of carbonyl (C=O) groups is 2. The van der Waals surface area contributed by atoms with Crippen molar-refractivity contribution in [1.82, 2.24) is 0 Å². The molecule has 7 nitrogen and oxygen atoms in total. The molecule has 0 heterocycles. The quantitative estimate of drug-likeness (QED) is 0.362. The summed E-state index contributed by atoms with van der Waals surface area (Å²) in [5.74, 6) is -1.16. The number of non-ortho nitro benzene ring substituents is 1. The highest BCUT2D eigenvalue weighted by molar-refractivity contribution is 5.97. The van der Waals surface area contributed by atoms with E-state index in [1.807, 2.05) is 26.0 Å². The van der Waals surface area contributed by atoms with Gasteiger partial charge in [-0.2, -0.15) is 0 Å². The zero-order chi connectivity index (χ0) is 20.0. The van der Waals surface area contributed by atoms with Gasteiger partial charge in [-0.25, -0.2) is 4.79 Å². The lowest BCUT2D eigenvalue weighted by Gasteiger charge is -2.14. The van der Waals surface area contributed by atoms with Gasteiger partial charge < -0.3 is 10.1 Å². The van der Waals surface area contributed by atoms with Crippen molar-refractivity contribution in [2.24, 2.45) is 0 Å². The van der Waals surface area contributed by atoms with Crippen LogP contribution in [0.15, 0.2) is 48.5 Å². The van der Waals surface area contributed by atoms with E-state index in [1.165, 1.54) is 31.2 Å². The van der Waals surface area contributed by atoms with E-state index in [0.717, 1.165) is 17.2 Å². The Kier molecular flexibility index (Phi) is 6.43. The summed E-state index contributed by atoms with van der Waals surface area (Å²) < 4.78 is 5.08. The Balaban J connectivity index is 1.96. The van der Waals surface area contributed by atoms with Crippen LogP contribution in [0.2, 0.25) is 0 Å². The first-order valence-corrected chi connectivity index (χ1v) is 8.28. The summed E-state index contributed by atoms with van der Waals surface area (Å²) in [5.41, 5.74) is 3.04. The number of esters is 1. The second kappa shape index (κ2) is 8.75. The number of nitrogens with one attached hydrogen (secondary N) is 1. The van der Waals surface area contributed by atoms with Crippen molar-refractivity contribution < 1.29 is 19.2 Å². The lowest BCUT2D eigenvalue weighted by Crippen LogP contribution is -2.29. The number of hydrogen-bond acceptors (Lipinski definition) is 5. The first-order valence-electron chi connectivity index (χ1n) is 8.28. The van der Waals surface area contributed by atoms with Crippen LogP contribution in [0, 0.1) is 24.0 Å². The zero-order valence-corrected chi connectivity index (χ0v) is 15.3. The number of nitro benzene ring substituents is 1. The molecule has 27 heavy (non-hydrogen) atoms. The van der Waals surface area contributed by atoms with E-state index < -0.39 is 22.9 Å². The number of amides is 1. The molecule has 2 aromatic rings. The van der Waals surface area contributed by atoms with E-state index in [-0.39, 0.29) is 5.69 Å². The van der Waals surface area contributed by atoms with Gasteiger partial charge >= 0.3 is 5.97 Å². The smallest absolute Gasteiger partial charge is 0.331 e. The minimum atomic E-state index is -0.993. The number of benzene rings is 2. The maximum Gasteiger partial charge on any atom is 0.331 e. The molecule has 0 bridgehead atoms. The highest BCUT2D eigenvalue weighted by Crippen LogP contribution is 2.18. The van der Waals surface area contributed by atoms with Crippen LogP contribution >= 0.6 is 0 Å². The second-order valence-corrected chi connectivity index (χ2v) is 6.00. The van der Waals surface area contributed by atoms with Gasteiger partial charge in [0, 0.05) is 23.9 Å². The molecule has 0 radical (unpaired) electrons. The van der Waals surface area contributed by atoms with Gasteiger partial charge in [-0.1, -0.05) is 24.3 Å². The SMILES string of the molecule is Cc1cccc(NC(=O)[C@@H](C)OC(=O)/C=C/c2cccc([N+](=O)[O-])c2)c1C. The molecule has 0 aromatic heterocycles. The number of nitro groups is 1. The fraction of sp³-hybridized carbons (Fsp3) is 0.200. The molecule has 0 spiro atoms. The highest BCUT2D eigenvalue weighted by Gasteiger charge is 2.17. The summed E-state index contributed by atoms with van der Waals surface area (Å²) in [7, 11) is 0. The molecular weight excluding hydrogens is 348 g/mol. The van der Waals surface area contributed by atoms with Crippen molar-refractivity contribution in [3.8, 4) is 0 Å². The Hall–Kier alpha value is -3.48. The van der Waals surface area contributed by atoms with Crippen molar-refractivity contribution in [2.75, 3.05) is 5.32 Å². The summed E-state index contributed by atoms with van der Waals surface area (Å²) in [5, 5.41) is 13.5. The van der Waals surface area contributed by atoms with Gasteiger partial charge in [-0.15, -0.1) is 0 Å². The molecule has 140 valence electrons. The molecule has 1 amide bonds. The third-order valence-electron chi connectivity index (χ3n) is 4.02. The molecule has 2 aromatic carbocycles. The fourth-order valence-electron chi connectivity index (χ4n) is 2.29. The largest absolute Gasteiger partial charge is 0.449 e. The first-order chi connectivity index (χ1) is 12.8. The van der Waals surface area contributed by atoms with E-state index in [1.54, 1.807) is 12.1 Å². The van der Waals surface area contributed by atoms with Gasteiger partial charge in [0.1, 0.15) is 0 Å². The van der Waals surface area contributed by atoms with E-state index >= 15 is 0 Å². The lowest BCUT2D eigenvalue weighted by molar-refractivity contribution is -0.384. The molecular formula is C20H20N2O5. The molecule has 7 heteroatoms. The maximum absolute atomic E-state index is 12.2. The van der Waals surface area contributed by atoms with Crippen LogP contribution in [0.1, 0.15) is 23.6 Å². The summed E-state index contributed by atoms with van der Waals surface area (Å²) in [6, 6.07) is 11.4.